The van der Waals surface area contributed by atoms with Gasteiger partial charge in [0.05, 0.1) is 0 Å². The third kappa shape index (κ3) is 2.42. The summed E-state index contributed by atoms with van der Waals surface area (Å²) in [6.07, 6.45) is 0. The van der Waals surface area contributed by atoms with Crippen molar-refractivity contribution in [3.05, 3.63) is 30.1 Å². The minimum absolute atomic E-state index is 0. The molecule has 9 heavy (non-hydrogen) atoms. The van der Waals surface area contributed by atoms with Crippen LogP contribution in [0, 0.1) is 5.82 Å². The van der Waals surface area contributed by atoms with E-state index in [1.807, 2.05) is 6.07 Å². The van der Waals surface area contributed by atoms with Crippen LogP contribution in [0.2, 0.25) is 0 Å². The molecule has 0 saturated heterocycles. The van der Waals surface area contributed by atoms with E-state index in [0.717, 1.165) is 22.5 Å². The molecule has 1 aromatic carbocycles. The van der Waals surface area contributed by atoms with E-state index in [2.05, 4.69) is 0 Å². The first-order valence-corrected chi connectivity index (χ1v) is 3.85. The van der Waals surface area contributed by atoms with Gasteiger partial charge in [0.2, 0.25) is 0 Å². The molecule has 0 aliphatic carbocycles. The molecular formula is C6H5ClFZn. The fourth-order valence-electron chi connectivity index (χ4n) is 0.498. The van der Waals surface area contributed by atoms with Gasteiger partial charge in [-0.2, -0.15) is 0 Å². The van der Waals surface area contributed by atoms with Gasteiger partial charge in [-0.1, -0.05) is 0 Å². The zero-order valence-electron chi connectivity index (χ0n) is 4.80. The normalized spacial score (nSPS) is 8.33. The number of rotatable bonds is 0. The van der Waals surface area contributed by atoms with E-state index in [-0.39, 0.29) is 18.2 Å². The van der Waals surface area contributed by atoms with Gasteiger partial charge >= 0.3 is 56.9 Å². The SMILES string of the molecule is Cl.Fc1cccc[c]1[Zn]. The molecular weight excluding hydrogens is 192 g/mol. The summed E-state index contributed by atoms with van der Waals surface area (Å²) in [6, 6.07) is 6.84. The van der Waals surface area contributed by atoms with Crippen LogP contribution in [0.5, 0.6) is 0 Å². The minimum atomic E-state index is -0.0764. The van der Waals surface area contributed by atoms with Crippen LogP contribution in [-0.2, 0) is 18.3 Å². The molecule has 0 spiro atoms. The van der Waals surface area contributed by atoms with Crippen LogP contribution < -0.4 is 4.16 Å². The van der Waals surface area contributed by atoms with Crippen molar-refractivity contribution in [2.75, 3.05) is 0 Å². The molecule has 3 heteroatoms. The average Bonchev–Trinajstić information content (AvgIpc) is 1.77. The van der Waals surface area contributed by atoms with Crippen molar-refractivity contribution in [1.82, 2.24) is 0 Å². The third-order valence-electron chi connectivity index (χ3n) is 0.958. The zero-order valence-corrected chi connectivity index (χ0v) is 8.59. The molecule has 0 aromatic heterocycles. The summed E-state index contributed by atoms with van der Waals surface area (Å²) in [5, 5.41) is 0. The molecule has 1 rings (SSSR count). The van der Waals surface area contributed by atoms with E-state index in [4.69, 9.17) is 0 Å². The average molecular weight is 197 g/mol. The third-order valence-corrected chi connectivity index (χ3v) is 2.16. The summed E-state index contributed by atoms with van der Waals surface area (Å²) in [7, 11) is 0. The van der Waals surface area contributed by atoms with E-state index in [1.165, 1.54) is 6.07 Å². The number of halogens is 2. The predicted molar refractivity (Wildman–Crippen MR) is 33.3 cm³/mol. The summed E-state index contributed by atoms with van der Waals surface area (Å²) < 4.78 is 13.2. The van der Waals surface area contributed by atoms with Crippen LogP contribution in [0.4, 0.5) is 4.39 Å². The fraction of sp³-hybridized carbons (Fsp3) is 0. The molecule has 0 amide bonds. The molecule has 45 valence electrons. The van der Waals surface area contributed by atoms with E-state index in [0.29, 0.717) is 0 Å². The molecule has 0 aliphatic heterocycles. The summed E-state index contributed by atoms with van der Waals surface area (Å²) in [4.78, 5) is 0. The molecule has 0 aliphatic rings. The first-order chi connectivity index (χ1) is 3.80. The quantitative estimate of drug-likeness (QED) is 0.551. The van der Waals surface area contributed by atoms with Crippen molar-refractivity contribution >= 4 is 16.6 Å². The van der Waals surface area contributed by atoms with Gasteiger partial charge in [0.25, 0.3) is 0 Å². The summed E-state index contributed by atoms with van der Waals surface area (Å²) in [5.74, 6) is -0.0764. The van der Waals surface area contributed by atoms with Gasteiger partial charge in [0.1, 0.15) is 0 Å². The summed E-state index contributed by atoms with van der Waals surface area (Å²) in [6.45, 7) is 0. The van der Waals surface area contributed by atoms with Crippen LogP contribution >= 0.6 is 12.4 Å². The van der Waals surface area contributed by atoms with Gasteiger partial charge in [-0.3, -0.25) is 0 Å². The molecule has 0 heterocycles. The Balaban J connectivity index is 0.000000640. The molecule has 0 saturated carbocycles. The van der Waals surface area contributed by atoms with Crippen molar-refractivity contribution in [2.24, 2.45) is 0 Å². The van der Waals surface area contributed by atoms with E-state index >= 15 is 0 Å². The first-order valence-electron chi connectivity index (χ1n) is 2.37. The van der Waals surface area contributed by atoms with Crippen LogP contribution in [0.15, 0.2) is 24.3 Å². The van der Waals surface area contributed by atoms with Crippen molar-refractivity contribution in [2.45, 2.75) is 0 Å². The first kappa shape index (κ1) is 9.06. The van der Waals surface area contributed by atoms with Gasteiger partial charge in [-0.15, -0.1) is 12.4 Å². The van der Waals surface area contributed by atoms with Gasteiger partial charge < -0.3 is 0 Å². The van der Waals surface area contributed by atoms with Crippen molar-refractivity contribution in [3.8, 4) is 0 Å². The van der Waals surface area contributed by atoms with Crippen molar-refractivity contribution in [3.63, 3.8) is 0 Å². The maximum atomic E-state index is 12.3. The molecule has 0 radical (unpaired) electrons. The molecule has 0 atom stereocenters. The van der Waals surface area contributed by atoms with Gasteiger partial charge in [-0.05, 0) is 0 Å². The van der Waals surface area contributed by atoms with E-state index < -0.39 is 0 Å². The fourth-order valence-corrected chi connectivity index (χ4v) is 1.03. The van der Waals surface area contributed by atoms with Crippen molar-refractivity contribution < 1.29 is 22.7 Å². The van der Waals surface area contributed by atoms with Crippen LogP contribution in [-0.4, -0.2) is 0 Å². The van der Waals surface area contributed by atoms with Gasteiger partial charge in [0.15, 0.2) is 0 Å². The molecule has 0 nitrogen and oxygen atoms in total. The Morgan fingerprint density at radius 2 is 1.78 bits per heavy atom. The summed E-state index contributed by atoms with van der Waals surface area (Å²) in [5.41, 5.74) is 0. The Morgan fingerprint density at radius 1 is 1.22 bits per heavy atom. The second-order valence-corrected chi connectivity index (χ2v) is 3.19. The maximum absolute atomic E-state index is 12.3. The second-order valence-electron chi connectivity index (χ2n) is 1.59. The van der Waals surface area contributed by atoms with Gasteiger partial charge in [-0.25, -0.2) is 0 Å². The van der Waals surface area contributed by atoms with E-state index in [9.17, 15) is 4.39 Å². The zero-order chi connectivity index (χ0) is 5.98. The Labute approximate surface area is 69.5 Å². The summed E-state index contributed by atoms with van der Waals surface area (Å²) >= 11 is 0.896. The molecule has 0 fully saturated rings. The Kier molecular flexibility index (Phi) is 4.00. The van der Waals surface area contributed by atoms with E-state index in [1.54, 1.807) is 12.1 Å². The monoisotopic (exact) mass is 195 g/mol. The van der Waals surface area contributed by atoms with Crippen LogP contribution in [0.1, 0.15) is 0 Å². The second kappa shape index (κ2) is 3.97. The topological polar surface area (TPSA) is 0 Å². The molecule has 0 unspecified atom stereocenters. The standard InChI is InChI=1S/C6H4F.ClH.Zn/c7-6-4-2-1-3-5-6;;/h1-4H;1H;. The number of hydrogen-bond acceptors (Lipinski definition) is 0. The predicted octanol–water partition coefficient (Wildman–Crippen LogP) is 1.42. The van der Waals surface area contributed by atoms with Gasteiger partial charge in [0, 0.05) is 0 Å². The Hall–Kier alpha value is 0.0634. The number of benzene rings is 1. The van der Waals surface area contributed by atoms with Crippen LogP contribution in [0.25, 0.3) is 0 Å². The van der Waals surface area contributed by atoms with Crippen molar-refractivity contribution in [1.29, 1.82) is 0 Å². The van der Waals surface area contributed by atoms with Crippen LogP contribution in [0.3, 0.4) is 0 Å². The molecule has 0 bridgehead atoms. The number of hydrogen-bond donors (Lipinski definition) is 0. The molecule has 1 aromatic rings. The molecule has 0 N–H and O–H groups in total. The Morgan fingerprint density at radius 3 is 2.11 bits per heavy atom. The Bertz CT molecular complexity index is 169.